The zero-order valence-corrected chi connectivity index (χ0v) is 14.8. The highest BCUT2D eigenvalue weighted by atomic mass is 79.9. The second-order valence-corrected chi connectivity index (χ2v) is 6.88. The molecule has 6 heteroatoms. The Morgan fingerprint density at radius 3 is 2.43 bits per heavy atom. The number of hydrogen-bond donors (Lipinski definition) is 1. The predicted molar refractivity (Wildman–Crippen MR) is 95.4 cm³/mol. The molecule has 2 aromatic rings. The number of hydrogen-bond acceptors (Lipinski definition) is 2. The summed E-state index contributed by atoms with van der Waals surface area (Å²) in [7, 11) is 0. The molecule has 0 unspecified atom stereocenters. The van der Waals surface area contributed by atoms with Crippen molar-refractivity contribution in [2.75, 3.05) is 11.1 Å². The molecule has 0 saturated carbocycles. The SMILES string of the molecule is O=C(CSCc1ccccc1Br)Nc1c(Cl)cccc1Cl. The summed E-state index contributed by atoms with van der Waals surface area (Å²) in [5.41, 5.74) is 1.62. The molecule has 2 aromatic carbocycles. The summed E-state index contributed by atoms with van der Waals surface area (Å²) in [4.78, 5) is 11.9. The van der Waals surface area contributed by atoms with Crippen LogP contribution in [0.5, 0.6) is 0 Å². The van der Waals surface area contributed by atoms with E-state index >= 15 is 0 Å². The van der Waals surface area contributed by atoms with E-state index in [0.29, 0.717) is 21.5 Å². The normalized spacial score (nSPS) is 10.4. The van der Waals surface area contributed by atoms with Gasteiger partial charge in [-0.05, 0) is 23.8 Å². The van der Waals surface area contributed by atoms with Gasteiger partial charge in [0.1, 0.15) is 0 Å². The molecule has 110 valence electrons. The number of carbonyl (C=O) groups is 1. The zero-order chi connectivity index (χ0) is 15.2. The van der Waals surface area contributed by atoms with E-state index < -0.39 is 0 Å². The molecule has 0 fully saturated rings. The van der Waals surface area contributed by atoms with Crippen LogP contribution in [0.2, 0.25) is 10.0 Å². The van der Waals surface area contributed by atoms with E-state index in [1.807, 2.05) is 24.3 Å². The van der Waals surface area contributed by atoms with E-state index in [0.717, 1.165) is 15.8 Å². The smallest absolute Gasteiger partial charge is 0.234 e. The fourth-order valence-corrected chi connectivity index (χ4v) is 3.60. The monoisotopic (exact) mass is 403 g/mol. The minimum atomic E-state index is -0.123. The molecule has 0 heterocycles. The number of nitrogens with one attached hydrogen (secondary N) is 1. The number of anilines is 1. The zero-order valence-electron chi connectivity index (χ0n) is 10.9. The number of rotatable bonds is 5. The molecule has 0 saturated heterocycles. The maximum atomic E-state index is 11.9. The molecule has 0 aliphatic rings. The molecular formula is C15H12BrCl2NOS. The summed E-state index contributed by atoms with van der Waals surface area (Å²) in [6, 6.07) is 13.1. The van der Waals surface area contributed by atoms with Gasteiger partial charge in [-0.3, -0.25) is 4.79 Å². The van der Waals surface area contributed by atoms with E-state index in [9.17, 15) is 4.79 Å². The lowest BCUT2D eigenvalue weighted by Gasteiger charge is -2.09. The minimum absolute atomic E-state index is 0.123. The van der Waals surface area contributed by atoms with Crippen LogP contribution in [-0.4, -0.2) is 11.7 Å². The van der Waals surface area contributed by atoms with Gasteiger partial charge in [0.2, 0.25) is 5.91 Å². The first-order valence-corrected chi connectivity index (χ1v) is 8.83. The Balaban J connectivity index is 1.87. The number of carbonyl (C=O) groups excluding carboxylic acids is 1. The molecule has 0 atom stereocenters. The summed E-state index contributed by atoms with van der Waals surface area (Å²) >= 11 is 17.0. The maximum absolute atomic E-state index is 11.9. The fraction of sp³-hybridized carbons (Fsp3) is 0.133. The van der Waals surface area contributed by atoms with Gasteiger partial charge < -0.3 is 5.32 Å². The lowest BCUT2D eigenvalue weighted by Crippen LogP contribution is -2.14. The van der Waals surface area contributed by atoms with Gasteiger partial charge in [-0.1, -0.05) is 63.4 Å². The van der Waals surface area contributed by atoms with Crippen LogP contribution in [0.4, 0.5) is 5.69 Å². The average Bonchev–Trinajstić information content (AvgIpc) is 2.45. The fourth-order valence-electron chi connectivity index (χ4n) is 1.66. The van der Waals surface area contributed by atoms with Crippen molar-refractivity contribution in [1.82, 2.24) is 0 Å². The summed E-state index contributed by atoms with van der Waals surface area (Å²) in [6.07, 6.45) is 0. The average molecular weight is 405 g/mol. The summed E-state index contributed by atoms with van der Waals surface area (Å²) < 4.78 is 1.05. The van der Waals surface area contributed by atoms with Crippen LogP contribution in [0.1, 0.15) is 5.56 Å². The Kier molecular flexibility index (Phi) is 6.42. The van der Waals surface area contributed by atoms with Crippen molar-refractivity contribution in [3.63, 3.8) is 0 Å². The van der Waals surface area contributed by atoms with E-state index in [-0.39, 0.29) is 5.91 Å². The van der Waals surface area contributed by atoms with Crippen LogP contribution in [-0.2, 0) is 10.5 Å². The van der Waals surface area contributed by atoms with Gasteiger partial charge in [-0.25, -0.2) is 0 Å². The first-order chi connectivity index (χ1) is 10.1. The van der Waals surface area contributed by atoms with E-state index in [4.69, 9.17) is 23.2 Å². The Morgan fingerprint density at radius 2 is 1.76 bits per heavy atom. The van der Waals surface area contributed by atoms with Crippen LogP contribution in [0.25, 0.3) is 0 Å². The van der Waals surface area contributed by atoms with Gasteiger partial charge in [0.25, 0.3) is 0 Å². The van der Waals surface area contributed by atoms with Gasteiger partial charge in [-0.2, -0.15) is 0 Å². The van der Waals surface area contributed by atoms with Gasteiger partial charge >= 0.3 is 0 Å². The van der Waals surface area contributed by atoms with Gasteiger partial charge in [0.15, 0.2) is 0 Å². The minimum Gasteiger partial charge on any atom is -0.323 e. The lowest BCUT2D eigenvalue weighted by molar-refractivity contribution is -0.113. The maximum Gasteiger partial charge on any atom is 0.234 e. The third-order valence-electron chi connectivity index (χ3n) is 2.68. The van der Waals surface area contributed by atoms with Crippen LogP contribution in [0.3, 0.4) is 0 Å². The second-order valence-electron chi connectivity index (χ2n) is 4.23. The second kappa shape index (κ2) is 8.08. The highest BCUT2D eigenvalue weighted by molar-refractivity contribution is 9.10. The van der Waals surface area contributed by atoms with Crippen LogP contribution in [0.15, 0.2) is 46.9 Å². The predicted octanol–water partition coefficient (Wildman–Crippen LogP) is 5.63. The molecule has 0 aliphatic heterocycles. The van der Waals surface area contributed by atoms with Crippen molar-refractivity contribution in [2.24, 2.45) is 0 Å². The summed E-state index contributed by atoms with van der Waals surface area (Å²) in [5, 5.41) is 3.62. The van der Waals surface area contributed by atoms with Crippen molar-refractivity contribution in [2.45, 2.75) is 5.75 Å². The van der Waals surface area contributed by atoms with Crippen molar-refractivity contribution in [1.29, 1.82) is 0 Å². The Hall–Kier alpha value is -0.680. The first-order valence-electron chi connectivity index (χ1n) is 6.13. The number of thioether (sulfide) groups is 1. The largest absolute Gasteiger partial charge is 0.323 e. The van der Waals surface area contributed by atoms with Crippen LogP contribution < -0.4 is 5.32 Å². The first kappa shape index (κ1) is 16.7. The van der Waals surface area contributed by atoms with Crippen LogP contribution in [0, 0.1) is 0 Å². The molecule has 1 amide bonds. The van der Waals surface area contributed by atoms with Crippen molar-refractivity contribution >= 4 is 62.5 Å². The standard InChI is InChI=1S/C15H12BrCl2NOS/c16-11-5-2-1-4-10(11)8-21-9-14(20)19-15-12(17)6-3-7-13(15)18/h1-7H,8-9H2,(H,19,20). The number of halogens is 3. The lowest BCUT2D eigenvalue weighted by atomic mass is 10.2. The van der Waals surface area contributed by atoms with Crippen LogP contribution >= 0.6 is 50.9 Å². The third kappa shape index (κ3) is 4.92. The van der Waals surface area contributed by atoms with Gasteiger partial charge in [-0.15, -0.1) is 11.8 Å². The number of para-hydroxylation sites is 1. The molecule has 2 nitrogen and oxygen atoms in total. The van der Waals surface area contributed by atoms with Crippen molar-refractivity contribution in [3.05, 3.63) is 62.5 Å². The highest BCUT2D eigenvalue weighted by Crippen LogP contribution is 2.30. The molecule has 0 radical (unpaired) electrons. The van der Waals surface area contributed by atoms with E-state index in [2.05, 4.69) is 21.2 Å². The molecule has 0 bridgehead atoms. The molecule has 0 spiro atoms. The Labute approximate surface area is 146 Å². The summed E-state index contributed by atoms with van der Waals surface area (Å²) in [5.74, 6) is 0.968. The molecule has 1 N–H and O–H groups in total. The molecule has 0 aliphatic carbocycles. The van der Waals surface area contributed by atoms with Gasteiger partial charge in [0, 0.05) is 10.2 Å². The van der Waals surface area contributed by atoms with E-state index in [1.54, 1.807) is 18.2 Å². The molecule has 0 aromatic heterocycles. The quantitative estimate of drug-likeness (QED) is 0.699. The van der Waals surface area contributed by atoms with Crippen molar-refractivity contribution < 1.29 is 4.79 Å². The Bertz CT molecular complexity index is 631. The summed E-state index contributed by atoms with van der Waals surface area (Å²) in [6.45, 7) is 0. The molecule has 21 heavy (non-hydrogen) atoms. The number of benzene rings is 2. The van der Waals surface area contributed by atoms with Crippen molar-refractivity contribution in [3.8, 4) is 0 Å². The topological polar surface area (TPSA) is 29.1 Å². The highest BCUT2D eigenvalue weighted by Gasteiger charge is 2.10. The molecular weight excluding hydrogens is 393 g/mol. The third-order valence-corrected chi connectivity index (χ3v) is 5.06. The molecule has 2 rings (SSSR count). The van der Waals surface area contributed by atoms with E-state index in [1.165, 1.54) is 11.8 Å². The van der Waals surface area contributed by atoms with Gasteiger partial charge in [0.05, 0.1) is 21.5 Å². The Morgan fingerprint density at radius 1 is 1.10 bits per heavy atom. The number of amides is 1.